The van der Waals surface area contributed by atoms with E-state index in [4.69, 9.17) is 9.84 Å². The number of hydrogen-bond acceptors (Lipinski definition) is 3. The Morgan fingerprint density at radius 1 is 1.64 bits per heavy atom. The molecule has 0 aliphatic carbocycles. The molecule has 0 aromatic rings. The van der Waals surface area contributed by atoms with E-state index in [-0.39, 0.29) is 12.5 Å². The summed E-state index contributed by atoms with van der Waals surface area (Å²) in [4.78, 5) is 12.6. The molecule has 1 aliphatic heterocycles. The Hall–Kier alpha value is -0.610. The highest BCUT2D eigenvalue weighted by molar-refractivity contribution is 5.66. The summed E-state index contributed by atoms with van der Waals surface area (Å²) in [6.45, 7) is 7.35. The van der Waals surface area contributed by atoms with Gasteiger partial charge in [0, 0.05) is 19.6 Å². The third kappa shape index (κ3) is 3.64. The first-order valence-electron chi connectivity index (χ1n) is 5.15. The van der Waals surface area contributed by atoms with Crippen LogP contribution in [0.5, 0.6) is 0 Å². The lowest BCUT2D eigenvalue weighted by Crippen LogP contribution is -2.45. The Morgan fingerprint density at radius 2 is 2.36 bits per heavy atom. The van der Waals surface area contributed by atoms with Gasteiger partial charge in [-0.15, -0.1) is 0 Å². The maximum Gasteiger partial charge on any atom is 0.304 e. The van der Waals surface area contributed by atoms with E-state index in [1.165, 1.54) is 0 Å². The van der Waals surface area contributed by atoms with Crippen molar-refractivity contribution in [2.45, 2.75) is 26.4 Å². The van der Waals surface area contributed by atoms with E-state index in [1.807, 2.05) is 0 Å². The van der Waals surface area contributed by atoms with Crippen molar-refractivity contribution in [2.24, 2.45) is 5.92 Å². The Morgan fingerprint density at radius 3 is 2.93 bits per heavy atom. The lowest BCUT2D eigenvalue weighted by Gasteiger charge is -2.34. The second-order valence-electron chi connectivity index (χ2n) is 4.10. The zero-order chi connectivity index (χ0) is 10.6. The molecule has 4 heteroatoms. The number of carboxylic acids is 1. The number of morpholine rings is 1. The third-order valence-electron chi connectivity index (χ3n) is 2.56. The van der Waals surface area contributed by atoms with E-state index in [2.05, 4.69) is 18.7 Å². The molecular formula is C10H19NO3. The van der Waals surface area contributed by atoms with Crippen molar-refractivity contribution in [2.75, 3.05) is 26.2 Å². The number of carboxylic acid groups (broad SMARTS) is 1. The van der Waals surface area contributed by atoms with Crippen molar-refractivity contribution < 1.29 is 14.6 Å². The van der Waals surface area contributed by atoms with Crippen LogP contribution in [-0.2, 0) is 9.53 Å². The van der Waals surface area contributed by atoms with Gasteiger partial charge in [-0.2, -0.15) is 0 Å². The Bertz CT molecular complexity index is 194. The average Bonchev–Trinajstić information content (AvgIpc) is 2.15. The van der Waals surface area contributed by atoms with E-state index in [9.17, 15) is 4.79 Å². The van der Waals surface area contributed by atoms with Crippen molar-refractivity contribution in [3.8, 4) is 0 Å². The van der Waals surface area contributed by atoms with Gasteiger partial charge in [-0.05, 0) is 5.92 Å². The van der Waals surface area contributed by atoms with Crippen molar-refractivity contribution in [1.29, 1.82) is 0 Å². The first kappa shape index (κ1) is 11.5. The van der Waals surface area contributed by atoms with Gasteiger partial charge in [0.1, 0.15) is 0 Å². The van der Waals surface area contributed by atoms with Crippen molar-refractivity contribution in [3.05, 3.63) is 0 Å². The summed E-state index contributed by atoms with van der Waals surface area (Å²) in [5.41, 5.74) is 0. The molecule has 0 spiro atoms. The molecule has 1 unspecified atom stereocenters. The highest BCUT2D eigenvalue weighted by Gasteiger charge is 2.22. The molecule has 0 radical (unpaired) electrons. The summed E-state index contributed by atoms with van der Waals surface area (Å²) in [7, 11) is 0. The third-order valence-corrected chi connectivity index (χ3v) is 2.56. The van der Waals surface area contributed by atoms with Gasteiger partial charge in [0.05, 0.1) is 19.1 Å². The van der Waals surface area contributed by atoms with Gasteiger partial charge >= 0.3 is 5.97 Å². The number of aliphatic carboxylic acids is 1. The van der Waals surface area contributed by atoms with Gasteiger partial charge in [0.25, 0.3) is 0 Å². The molecule has 0 aromatic heterocycles. The molecule has 4 nitrogen and oxygen atoms in total. The number of carbonyl (C=O) groups is 1. The van der Waals surface area contributed by atoms with E-state index < -0.39 is 5.97 Å². The summed E-state index contributed by atoms with van der Waals surface area (Å²) in [6, 6.07) is 0. The predicted octanol–water partition coefficient (Wildman–Crippen LogP) is 0.818. The maximum absolute atomic E-state index is 10.4. The molecule has 1 aliphatic rings. The van der Waals surface area contributed by atoms with Crippen LogP contribution in [-0.4, -0.2) is 48.3 Å². The van der Waals surface area contributed by atoms with E-state index in [0.717, 1.165) is 19.7 Å². The zero-order valence-electron chi connectivity index (χ0n) is 8.90. The van der Waals surface area contributed by atoms with E-state index in [0.29, 0.717) is 12.5 Å². The number of ether oxygens (including phenoxy) is 1. The quantitative estimate of drug-likeness (QED) is 0.731. The van der Waals surface area contributed by atoms with E-state index >= 15 is 0 Å². The molecule has 82 valence electrons. The summed E-state index contributed by atoms with van der Waals surface area (Å²) >= 11 is 0. The summed E-state index contributed by atoms with van der Waals surface area (Å²) in [5.74, 6) is -0.222. The van der Waals surface area contributed by atoms with Gasteiger partial charge in [0.15, 0.2) is 0 Å². The minimum Gasteiger partial charge on any atom is -0.481 e. The Kier molecular flexibility index (Phi) is 4.35. The fourth-order valence-corrected chi connectivity index (χ4v) is 1.59. The maximum atomic E-state index is 10.4. The SMILES string of the molecule is CC(C)C1CN(CCC(=O)O)CCO1. The Balaban J connectivity index is 2.29. The van der Waals surface area contributed by atoms with Gasteiger partial charge in [-0.3, -0.25) is 9.69 Å². The predicted molar refractivity (Wildman–Crippen MR) is 53.3 cm³/mol. The molecular weight excluding hydrogens is 182 g/mol. The minimum absolute atomic E-state index is 0.227. The van der Waals surface area contributed by atoms with Crippen LogP contribution >= 0.6 is 0 Å². The lowest BCUT2D eigenvalue weighted by molar-refractivity contribution is -0.138. The van der Waals surface area contributed by atoms with Crippen LogP contribution in [0.4, 0.5) is 0 Å². The smallest absolute Gasteiger partial charge is 0.304 e. The number of nitrogens with zero attached hydrogens (tertiary/aromatic N) is 1. The van der Waals surface area contributed by atoms with Crippen molar-refractivity contribution in [3.63, 3.8) is 0 Å². The molecule has 0 amide bonds. The van der Waals surface area contributed by atoms with Gasteiger partial charge in [0.2, 0.25) is 0 Å². The monoisotopic (exact) mass is 201 g/mol. The van der Waals surface area contributed by atoms with Crippen LogP contribution in [0.1, 0.15) is 20.3 Å². The average molecular weight is 201 g/mol. The van der Waals surface area contributed by atoms with Crippen LogP contribution < -0.4 is 0 Å². The molecule has 0 aromatic carbocycles. The molecule has 1 rings (SSSR count). The van der Waals surface area contributed by atoms with Crippen molar-refractivity contribution >= 4 is 5.97 Å². The van der Waals surface area contributed by atoms with Gasteiger partial charge < -0.3 is 9.84 Å². The molecule has 1 fully saturated rings. The minimum atomic E-state index is -0.724. The van der Waals surface area contributed by atoms with Crippen molar-refractivity contribution in [1.82, 2.24) is 4.90 Å². The van der Waals surface area contributed by atoms with Gasteiger partial charge in [-0.1, -0.05) is 13.8 Å². The van der Waals surface area contributed by atoms with Gasteiger partial charge in [-0.25, -0.2) is 0 Å². The zero-order valence-corrected chi connectivity index (χ0v) is 8.90. The number of hydrogen-bond donors (Lipinski definition) is 1. The second-order valence-corrected chi connectivity index (χ2v) is 4.10. The fourth-order valence-electron chi connectivity index (χ4n) is 1.59. The molecule has 14 heavy (non-hydrogen) atoms. The fraction of sp³-hybridized carbons (Fsp3) is 0.900. The molecule has 0 bridgehead atoms. The van der Waals surface area contributed by atoms with Crippen LogP contribution in [0, 0.1) is 5.92 Å². The second kappa shape index (κ2) is 5.32. The summed E-state index contributed by atoms with van der Waals surface area (Å²) < 4.78 is 5.59. The van der Waals surface area contributed by atoms with Crippen LogP contribution in [0.25, 0.3) is 0 Å². The molecule has 1 N–H and O–H groups in total. The normalized spacial score (nSPS) is 24.1. The highest BCUT2D eigenvalue weighted by Crippen LogP contribution is 2.13. The molecule has 1 atom stereocenters. The van der Waals surface area contributed by atoms with E-state index in [1.54, 1.807) is 0 Å². The first-order chi connectivity index (χ1) is 6.59. The summed E-state index contributed by atoms with van der Waals surface area (Å²) in [6.07, 6.45) is 0.489. The van der Waals surface area contributed by atoms with Crippen LogP contribution in [0.15, 0.2) is 0 Å². The Labute approximate surface area is 84.8 Å². The first-order valence-corrected chi connectivity index (χ1v) is 5.15. The summed E-state index contributed by atoms with van der Waals surface area (Å²) in [5, 5.41) is 8.56. The topological polar surface area (TPSA) is 49.8 Å². The molecule has 1 heterocycles. The lowest BCUT2D eigenvalue weighted by atomic mass is 10.1. The number of rotatable bonds is 4. The highest BCUT2D eigenvalue weighted by atomic mass is 16.5. The standard InChI is InChI=1S/C10H19NO3/c1-8(2)9-7-11(5-6-14-9)4-3-10(12)13/h8-9H,3-7H2,1-2H3,(H,12,13). The van der Waals surface area contributed by atoms with Crippen LogP contribution in [0.2, 0.25) is 0 Å². The largest absolute Gasteiger partial charge is 0.481 e. The molecule has 1 saturated heterocycles. The van der Waals surface area contributed by atoms with Crippen LogP contribution in [0.3, 0.4) is 0 Å². The molecule has 0 saturated carbocycles.